The summed E-state index contributed by atoms with van der Waals surface area (Å²) in [5.74, 6) is -0.0645. The summed E-state index contributed by atoms with van der Waals surface area (Å²) in [5.41, 5.74) is 2.29. The highest BCUT2D eigenvalue weighted by Gasteiger charge is 2.33. The van der Waals surface area contributed by atoms with E-state index in [-0.39, 0.29) is 17.6 Å². The summed E-state index contributed by atoms with van der Waals surface area (Å²) in [6.45, 7) is 0. The molecule has 3 rings (SSSR count). The number of nitro groups is 1. The Morgan fingerprint density at radius 2 is 2.17 bits per heavy atom. The average Bonchev–Trinajstić information content (AvgIpc) is 2.84. The Morgan fingerprint density at radius 1 is 1.35 bits per heavy atom. The van der Waals surface area contributed by atoms with Crippen molar-refractivity contribution in [2.45, 2.75) is 12.5 Å². The third-order valence-corrected chi connectivity index (χ3v) is 3.97. The number of carbonyl (C=O) groups excluding carboxylic acids is 1. The number of likely N-dealkylation sites (N-methyl/N-ethyl adjacent to an activating group) is 1. The Morgan fingerprint density at radius 3 is 2.87 bits per heavy atom. The fourth-order valence-corrected chi connectivity index (χ4v) is 2.77. The van der Waals surface area contributed by atoms with Gasteiger partial charge in [-0.05, 0) is 23.3 Å². The Bertz CT molecular complexity index is 787. The van der Waals surface area contributed by atoms with E-state index in [1.54, 1.807) is 42.6 Å². The molecule has 0 unspecified atom stereocenters. The molecule has 2 heterocycles. The zero-order chi connectivity index (χ0) is 16.4. The number of nitro benzene ring substituents is 1. The highest BCUT2D eigenvalue weighted by Crippen LogP contribution is 2.35. The van der Waals surface area contributed by atoms with Gasteiger partial charge >= 0.3 is 0 Å². The third kappa shape index (κ3) is 2.96. The number of carbonyl (C=O) groups is 1. The molecule has 0 aliphatic carbocycles. The smallest absolute Gasteiger partial charge is 0.270 e. The second-order valence-electron chi connectivity index (χ2n) is 5.44. The van der Waals surface area contributed by atoms with E-state index in [0.717, 1.165) is 5.56 Å². The van der Waals surface area contributed by atoms with Crippen molar-refractivity contribution in [3.8, 4) is 0 Å². The number of benzene rings is 1. The number of non-ortho nitro benzene ring substituents is 1. The molecule has 0 bridgehead atoms. The van der Waals surface area contributed by atoms with Crippen LogP contribution in [0.2, 0.25) is 0 Å². The Kier molecular flexibility index (Phi) is 3.89. The third-order valence-electron chi connectivity index (χ3n) is 3.97. The van der Waals surface area contributed by atoms with Crippen LogP contribution in [0.5, 0.6) is 0 Å². The number of likely N-dealkylation sites (tertiary alicyclic amines) is 1. The maximum Gasteiger partial charge on any atom is 0.270 e. The fraction of sp³-hybridized carbons (Fsp3) is 0.176. The van der Waals surface area contributed by atoms with Gasteiger partial charge in [0.05, 0.1) is 11.0 Å². The Labute approximate surface area is 133 Å². The van der Waals surface area contributed by atoms with Crippen molar-refractivity contribution in [2.24, 2.45) is 0 Å². The first-order valence-corrected chi connectivity index (χ1v) is 7.18. The lowest BCUT2D eigenvalue weighted by atomic mass is 10.0. The number of rotatable bonds is 3. The molecule has 1 fully saturated rings. The van der Waals surface area contributed by atoms with Crippen molar-refractivity contribution in [1.29, 1.82) is 0 Å². The van der Waals surface area contributed by atoms with Crippen LogP contribution >= 0.6 is 0 Å². The van der Waals surface area contributed by atoms with Gasteiger partial charge in [0.1, 0.15) is 0 Å². The van der Waals surface area contributed by atoms with Gasteiger partial charge in [0.25, 0.3) is 5.69 Å². The van der Waals surface area contributed by atoms with Crippen LogP contribution in [0.4, 0.5) is 5.69 Å². The Hall–Kier alpha value is -3.02. The van der Waals surface area contributed by atoms with Crippen LogP contribution < -0.4 is 0 Å². The highest BCUT2D eigenvalue weighted by molar-refractivity contribution is 6.00. The first-order chi connectivity index (χ1) is 11.1. The number of hydrogen-bond acceptors (Lipinski definition) is 4. The van der Waals surface area contributed by atoms with E-state index < -0.39 is 4.92 Å². The summed E-state index contributed by atoms with van der Waals surface area (Å²) in [5, 5.41) is 10.8. The van der Waals surface area contributed by atoms with Crippen LogP contribution in [0.3, 0.4) is 0 Å². The SMILES string of the molecule is CN1C(=O)/C(=C/c2cccc([N+](=O)[O-])c2)C[C@H]1c1cccnc1. The van der Waals surface area contributed by atoms with Crippen LogP contribution in [-0.2, 0) is 4.79 Å². The van der Waals surface area contributed by atoms with E-state index in [9.17, 15) is 14.9 Å². The summed E-state index contributed by atoms with van der Waals surface area (Å²) in [4.78, 5) is 28.6. The quantitative estimate of drug-likeness (QED) is 0.496. The molecule has 1 aromatic carbocycles. The minimum atomic E-state index is -0.441. The van der Waals surface area contributed by atoms with Gasteiger partial charge in [0.15, 0.2) is 0 Å². The van der Waals surface area contributed by atoms with E-state index in [2.05, 4.69) is 4.98 Å². The molecule has 0 spiro atoms. The fourth-order valence-electron chi connectivity index (χ4n) is 2.77. The number of pyridine rings is 1. The van der Waals surface area contributed by atoms with E-state index in [1.807, 2.05) is 12.1 Å². The first-order valence-electron chi connectivity index (χ1n) is 7.18. The molecule has 2 aromatic rings. The van der Waals surface area contributed by atoms with Gasteiger partial charge in [0.2, 0.25) is 5.91 Å². The Balaban J connectivity index is 1.90. The minimum absolute atomic E-state index is 0.0157. The summed E-state index contributed by atoms with van der Waals surface area (Å²) < 4.78 is 0. The monoisotopic (exact) mass is 309 g/mol. The summed E-state index contributed by atoms with van der Waals surface area (Å²) in [7, 11) is 1.76. The summed E-state index contributed by atoms with van der Waals surface area (Å²) in [6.07, 6.45) is 5.73. The molecule has 1 atom stereocenters. The maximum atomic E-state index is 12.4. The number of nitrogens with zero attached hydrogens (tertiary/aromatic N) is 3. The lowest BCUT2D eigenvalue weighted by molar-refractivity contribution is -0.384. The zero-order valence-electron chi connectivity index (χ0n) is 12.5. The molecule has 6 heteroatoms. The topological polar surface area (TPSA) is 76.3 Å². The van der Waals surface area contributed by atoms with Crippen molar-refractivity contribution in [1.82, 2.24) is 9.88 Å². The van der Waals surface area contributed by atoms with E-state index in [4.69, 9.17) is 0 Å². The molecule has 1 saturated heterocycles. The summed E-state index contributed by atoms with van der Waals surface area (Å²) in [6, 6.07) is 10.0. The number of amides is 1. The molecule has 1 aromatic heterocycles. The van der Waals surface area contributed by atoms with Crippen molar-refractivity contribution in [3.05, 3.63) is 75.6 Å². The minimum Gasteiger partial charge on any atom is -0.335 e. The van der Waals surface area contributed by atoms with Crippen molar-refractivity contribution >= 4 is 17.7 Å². The molecule has 0 radical (unpaired) electrons. The van der Waals surface area contributed by atoms with Gasteiger partial charge < -0.3 is 4.90 Å². The van der Waals surface area contributed by atoms with Crippen LogP contribution in [0.15, 0.2) is 54.4 Å². The predicted molar refractivity (Wildman–Crippen MR) is 85.4 cm³/mol. The van der Waals surface area contributed by atoms with Crippen LogP contribution in [-0.4, -0.2) is 27.8 Å². The first kappa shape index (κ1) is 14.9. The van der Waals surface area contributed by atoms with Crippen molar-refractivity contribution in [2.75, 3.05) is 7.05 Å². The van der Waals surface area contributed by atoms with Gasteiger partial charge in [-0.3, -0.25) is 19.9 Å². The lowest BCUT2D eigenvalue weighted by Gasteiger charge is -2.18. The van der Waals surface area contributed by atoms with Crippen molar-refractivity contribution in [3.63, 3.8) is 0 Å². The number of aromatic nitrogens is 1. The molecule has 1 amide bonds. The molecular weight excluding hydrogens is 294 g/mol. The highest BCUT2D eigenvalue weighted by atomic mass is 16.6. The standard InChI is InChI=1S/C17H15N3O3/c1-19-16(13-5-3-7-18-11-13)10-14(17(19)21)8-12-4-2-6-15(9-12)20(22)23/h2-9,11,16H,10H2,1H3/b14-8+/t16-/m0/s1. The average molecular weight is 309 g/mol. The second-order valence-corrected chi connectivity index (χ2v) is 5.44. The van der Waals surface area contributed by atoms with Crippen molar-refractivity contribution < 1.29 is 9.72 Å². The van der Waals surface area contributed by atoms with Crippen LogP contribution in [0, 0.1) is 10.1 Å². The normalized spacial score (nSPS) is 19.3. The number of hydrogen-bond donors (Lipinski definition) is 0. The van der Waals surface area contributed by atoms with Gasteiger partial charge in [-0.15, -0.1) is 0 Å². The molecule has 1 aliphatic heterocycles. The molecule has 6 nitrogen and oxygen atoms in total. The predicted octanol–water partition coefficient (Wildman–Crippen LogP) is 2.98. The van der Waals surface area contributed by atoms with Gasteiger partial charge in [0, 0.05) is 43.6 Å². The van der Waals surface area contributed by atoms with Gasteiger partial charge in [-0.1, -0.05) is 18.2 Å². The summed E-state index contributed by atoms with van der Waals surface area (Å²) >= 11 is 0. The molecule has 116 valence electrons. The maximum absolute atomic E-state index is 12.4. The van der Waals surface area contributed by atoms with Gasteiger partial charge in [-0.2, -0.15) is 0 Å². The molecule has 1 aliphatic rings. The zero-order valence-corrected chi connectivity index (χ0v) is 12.5. The molecule has 0 N–H and O–H groups in total. The van der Waals surface area contributed by atoms with E-state index in [1.165, 1.54) is 12.1 Å². The molecule has 0 saturated carbocycles. The van der Waals surface area contributed by atoms with Gasteiger partial charge in [-0.25, -0.2) is 0 Å². The second kappa shape index (κ2) is 6.00. The van der Waals surface area contributed by atoms with E-state index in [0.29, 0.717) is 17.6 Å². The lowest BCUT2D eigenvalue weighted by Crippen LogP contribution is -2.22. The van der Waals surface area contributed by atoms with Crippen LogP contribution in [0.1, 0.15) is 23.6 Å². The molecule has 23 heavy (non-hydrogen) atoms. The molecular formula is C17H15N3O3. The van der Waals surface area contributed by atoms with Crippen LogP contribution in [0.25, 0.3) is 6.08 Å². The largest absolute Gasteiger partial charge is 0.335 e. The van der Waals surface area contributed by atoms with E-state index >= 15 is 0 Å².